The fourth-order valence-electron chi connectivity index (χ4n) is 5.38. The van der Waals surface area contributed by atoms with Gasteiger partial charge in [-0.15, -0.1) is 0 Å². The van der Waals surface area contributed by atoms with Crippen LogP contribution < -0.4 is 10.6 Å². The number of ether oxygens (including phenoxy) is 2. The van der Waals surface area contributed by atoms with Gasteiger partial charge in [0.1, 0.15) is 29.5 Å². The molecule has 13 heteroatoms. The van der Waals surface area contributed by atoms with E-state index >= 15 is 0 Å². The Hall–Kier alpha value is -4.52. The minimum Gasteiger partial charge on any atom is -0.478 e. The molecule has 1 fully saturated rings. The van der Waals surface area contributed by atoms with Crippen molar-refractivity contribution in [3.63, 3.8) is 0 Å². The molecule has 0 saturated carbocycles. The molecule has 2 aliphatic heterocycles. The van der Waals surface area contributed by atoms with Crippen molar-refractivity contribution in [2.75, 3.05) is 25.6 Å². The van der Waals surface area contributed by atoms with Crippen LogP contribution in [-0.2, 0) is 30.4 Å². The smallest absolute Gasteiger partial charge is 0.410 e. The molecule has 0 bridgehead atoms. The summed E-state index contributed by atoms with van der Waals surface area (Å²) < 4.78 is 25.5. The van der Waals surface area contributed by atoms with Gasteiger partial charge in [-0.1, -0.05) is 24.3 Å². The Kier molecular flexibility index (Phi) is 10.1. The molecule has 2 unspecified atom stereocenters. The maximum Gasteiger partial charge on any atom is 0.410 e. The molecule has 0 radical (unpaired) electrons. The molecule has 45 heavy (non-hydrogen) atoms. The molecule has 242 valence electrons. The zero-order valence-electron chi connectivity index (χ0n) is 26.0. The number of carbonyl (C=O) groups is 5. The van der Waals surface area contributed by atoms with E-state index in [1.54, 1.807) is 45.0 Å². The first-order chi connectivity index (χ1) is 21.2. The summed E-state index contributed by atoms with van der Waals surface area (Å²) in [5.41, 5.74) is -0.126. The second kappa shape index (κ2) is 13.6. The van der Waals surface area contributed by atoms with Crippen molar-refractivity contribution >= 4 is 35.5 Å². The quantitative estimate of drug-likeness (QED) is 0.401. The van der Waals surface area contributed by atoms with Crippen molar-refractivity contribution in [3.8, 4) is 0 Å². The maximum absolute atomic E-state index is 14.7. The van der Waals surface area contributed by atoms with Gasteiger partial charge in [0.05, 0.1) is 11.3 Å². The number of hydrogen-bond donors (Lipinski definition) is 3. The molecule has 0 spiro atoms. The molecule has 2 aromatic carbocycles. The second-order valence-electron chi connectivity index (χ2n) is 12.3. The minimum absolute atomic E-state index is 0.0493. The highest BCUT2D eigenvalue weighted by atomic mass is 19.1. The molecule has 4 amide bonds. The number of likely N-dealkylation sites (N-methyl/N-ethyl adjacent to an activating group) is 1. The number of nitrogens with one attached hydrogen (secondary N) is 2. The van der Waals surface area contributed by atoms with Crippen molar-refractivity contribution in [2.45, 2.75) is 70.8 Å². The van der Waals surface area contributed by atoms with Crippen LogP contribution in [0.5, 0.6) is 0 Å². The van der Waals surface area contributed by atoms with E-state index < -0.39 is 59.3 Å². The van der Waals surface area contributed by atoms with Crippen molar-refractivity contribution in [3.05, 3.63) is 65.0 Å². The van der Waals surface area contributed by atoms with Gasteiger partial charge in [0.25, 0.3) is 5.91 Å². The van der Waals surface area contributed by atoms with Crippen LogP contribution in [0.25, 0.3) is 0 Å². The predicted molar refractivity (Wildman–Crippen MR) is 161 cm³/mol. The van der Waals surface area contributed by atoms with E-state index in [4.69, 9.17) is 9.47 Å². The highest BCUT2D eigenvalue weighted by Gasteiger charge is 2.44. The van der Waals surface area contributed by atoms with Crippen molar-refractivity contribution in [2.24, 2.45) is 5.92 Å². The molecular formula is C32H39FN4O8. The van der Waals surface area contributed by atoms with E-state index in [1.165, 1.54) is 18.9 Å². The maximum atomic E-state index is 14.7. The van der Waals surface area contributed by atoms with Gasteiger partial charge in [-0.05, 0) is 75.8 Å². The number of fused-ring (bicyclic) bond motifs is 1. The molecule has 2 aliphatic rings. The highest BCUT2D eigenvalue weighted by Crippen LogP contribution is 2.36. The number of carboxylic acid groups (broad SMARTS) is 1. The third kappa shape index (κ3) is 7.77. The van der Waals surface area contributed by atoms with Gasteiger partial charge in [0, 0.05) is 26.8 Å². The zero-order chi connectivity index (χ0) is 33.1. The zero-order valence-corrected chi connectivity index (χ0v) is 26.0. The molecule has 4 rings (SSSR count). The lowest BCUT2D eigenvalue weighted by molar-refractivity contribution is -0.144. The van der Waals surface area contributed by atoms with Crippen molar-refractivity contribution < 1.29 is 42.9 Å². The van der Waals surface area contributed by atoms with Crippen LogP contribution in [0.2, 0.25) is 0 Å². The molecule has 3 N–H and O–H groups in total. The van der Waals surface area contributed by atoms with Gasteiger partial charge in [-0.3, -0.25) is 19.3 Å². The number of carboxylic acids is 1. The largest absolute Gasteiger partial charge is 0.478 e. The van der Waals surface area contributed by atoms with E-state index in [2.05, 4.69) is 10.6 Å². The van der Waals surface area contributed by atoms with E-state index in [0.717, 1.165) is 23.1 Å². The Morgan fingerprint density at radius 3 is 2.40 bits per heavy atom. The summed E-state index contributed by atoms with van der Waals surface area (Å²) in [6.45, 7) is 7.45. The Morgan fingerprint density at radius 1 is 1.09 bits per heavy atom. The van der Waals surface area contributed by atoms with Crippen LogP contribution in [0.1, 0.15) is 68.1 Å². The normalized spacial score (nSPS) is 17.9. The number of halogens is 1. The van der Waals surface area contributed by atoms with E-state index in [9.17, 15) is 33.5 Å². The van der Waals surface area contributed by atoms with Crippen molar-refractivity contribution in [1.82, 2.24) is 15.1 Å². The van der Waals surface area contributed by atoms with Gasteiger partial charge in [0.15, 0.2) is 0 Å². The van der Waals surface area contributed by atoms with E-state index in [0.29, 0.717) is 37.2 Å². The first kappa shape index (κ1) is 33.4. The van der Waals surface area contributed by atoms with Crippen LogP contribution in [0, 0.1) is 11.7 Å². The van der Waals surface area contributed by atoms with E-state index in [-0.39, 0.29) is 23.7 Å². The third-order valence-electron chi connectivity index (χ3n) is 7.95. The summed E-state index contributed by atoms with van der Waals surface area (Å²) in [5, 5.41) is 14.6. The van der Waals surface area contributed by atoms with Crippen LogP contribution in [0.3, 0.4) is 0 Å². The fraction of sp³-hybridized carbons (Fsp3) is 0.469. The predicted octanol–water partition coefficient (Wildman–Crippen LogP) is 3.71. The SMILES string of the molecule is CC(C(=O)NC(C(=O)N1Cc2ccccc2[C@H]1C(=O)Nc1cc(C(=O)O)ccc1F)C1CCOCC1)N(C)C(=O)OC(C)(C)C. The standard InChI is InChI=1S/C32H39FN4O8/c1-18(36(5)31(43)45-32(2,3)4)27(38)35-25(19-12-14-44-15-13-19)29(40)37-17-21-8-6-7-9-22(21)26(37)28(39)34-24-16-20(30(41)42)10-11-23(24)33/h6-11,16,18-19,25-26H,12-15,17H2,1-5H3,(H,34,39)(H,35,38)(H,41,42)/t18?,25?,26-/m0/s1. The molecule has 2 aromatic rings. The monoisotopic (exact) mass is 626 g/mol. The lowest BCUT2D eigenvalue weighted by Crippen LogP contribution is -2.57. The van der Waals surface area contributed by atoms with Gasteiger partial charge >= 0.3 is 12.1 Å². The Labute approximate surface area is 260 Å². The number of benzene rings is 2. The van der Waals surface area contributed by atoms with Gasteiger partial charge in [-0.25, -0.2) is 14.0 Å². The van der Waals surface area contributed by atoms with Gasteiger partial charge in [-0.2, -0.15) is 0 Å². The molecule has 0 aromatic heterocycles. The number of nitrogens with zero attached hydrogens (tertiary/aromatic N) is 2. The number of anilines is 1. The molecule has 0 aliphatic carbocycles. The number of amides is 4. The Balaban J connectivity index is 1.62. The Morgan fingerprint density at radius 2 is 1.76 bits per heavy atom. The van der Waals surface area contributed by atoms with Gasteiger partial charge in [0.2, 0.25) is 11.8 Å². The lowest BCUT2D eigenvalue weighted by atomic mass is 9.90. The second-order valence-corrected chi connectivity index (χ2v) is 12.3. The van der Waals surface area contributed by atoms with Crippen LogP contribution >= 0.6 is 0 Å². The van der Waals surface area contributed by atoms with Crippen LogP contribution in [0.4, 0.5) is 14.9 Å². The first-order valence-electron chi connectivity index (χ1n) is 14.7. The highest BCUT2D eigenvalue weighted by molar-refractivity contribution is 6.01. The first-order valence-corrected chi connectivity index (χ1v) is 14.7. The Bertz CT molecular complexity index is 1470. The lowest BCUT2D eigenvalue weighted by Gasteiger charge is -2.36. The summed E-state index contributed by atoms with van der Waals surface area (Å²) in [5.74, 6) is -4.32. The van der Waals surface area contributed by atoms with E-state index in [1.807, 2.05) is 0 Å². The molecule has 2 heterocycles. The van der Waals surface area contributed by atoms with Crippen LogP contribution in [-0.4, -0.2) is 82.6 Å². The molecule has 12 nitrogen and oxygen atoms in total. The summed E-state index contributed by atoms with van der Waals surface area (Å²) in [6, 6.07) is 6.73. The third-order valence-corrected chi connectivity index (χ3v) is 7.95. The summed E-state index contributed by atoms with van der Waals surface area (Å²) in [7, 11) is 1.43. The molecule has 3 atom stereocenters. The fourth-order valence-corrected chi connectivity index (χ4v) is 5.38. The minimum atomic E-state index is -1.30. The average molecular weight is 627 g/mol. The van der Waals surface area contributed by atoms with Crippen LogP contribution in [0.15, 0.2) is 42.5 Å². The number of carbonyl (C=O) groups excluding carboxylic acids is 4. The number of rotatable bonds is 8. The average Bonchev–Trinajstić information content (AvgIpc) is 3.39. The van der Waals surface area contributed by atoms with Crippen molar-refractivity contribution in [1.29, 1.82) is 0 Å². The summed E-state index contributed by atoms with van der Waals surface area (Å²) in [4.78, 5) is 68.2. The summed E-state index contributed by atoms with van der Waals surface area (Å²) in [6.07, 6.45) is 0.236. The number of hydrogen-bond acceptors (Lipinski definition) is 7. The summed E-state index contributed by atoms with van der Waals surface area (Å²) >= 11 is 0. The topological polar surface area (TPSA) is 155 Å². The molecular weight excluding hydrogens is 587 g/mol. The molecule has 1 saturated heterocycles. The van der Waals surface area contributed by atoms with Gasteiger partial charge < -0.3 is 30.1 Å². The number of aromatic carboxylic acids is 1.